The topological polar surface area (TPSA) is 66.8 Å². The van der Waals surface area contributed by atoms with Gasteiger partial charge in [-0.15, -0.1) is 0 Å². The fourth-order valence-corrected chi connectivity index (χ4v) is 4.09. The Kier molecular flexibility index (Phi) is 5.65. The standard InChI is InChI=1S/C25H20BrNO4/c1-15-6-5-7-17(14-15)22-21(23(28)16-10-12-18(26)13-11-16)24(29)25(30)27(22)19-8-3-4-9-20(19)31-2/h3-14,22,28H,1-2H3/b23-21-. The van der Waals surface area contributed by atoms with Crippen molar-refractivity contribution in [2.75, 3.05) is 12.0 Å². The largest absolute Gasteiger partial charge is 0.507 e. The average Bonchev–Trinajstić information content (AvgIpc) is 3.04. The zero-order valence-electron chi connectivity index (χ0n) is 17.0. The molecule has 1 amide bonds. The van der Waals surface area contributed by atoms with E-state index in [-0.39, 0.29) is 11.3 Å². The van der Waals surface area contributed by atoms with Crippen LogP contribution in [-0.2, 0) is 9.59 Å². The van der Waals surface area contributed by atoms with Gasteiger partial charge in [-0.3, -0.25) is 14.5 Å². The van der Waals surface area contributed by atoms with Gasteiger partial charge >= 0.3 is 0 Å². The van der Waals surface area contributed by atoms with Gasteiger partial charge in [0, 0.05) is 10.0 Å². The minimum atomic E-state index is -0.792. The number of aliphatic hydroxyl groups is 1. The lowest BCUT2D eigenvalue weighted by Crippen LogP contribution is -2.29. The van der Waals surface area contributed by atoms with E-state index in [1.54, 1.807) is 48.5 Å². The van der Waals surface area contributed by atoms with Crippen molar-refractivity contribution < 1.29 is 19.4 Å². The molecule has 3 aromatic rings. The normalized spacial score (nSPS) is 17.8. The highest BCUT2D eigenvalue weighted by Gasteiger charge is 2.47. The van der Waals surface area contributed by atoms with Gasteiger partial charge in [-0.05, 0) is 36.8 Å². The Hall–Kier alpha value is -3.38. The molecule has 5 nitrogen and oxygen atoms in total. The van der Waals surface area contributed by atoms with E-state index < -0.39 is 17.7 Å². The third-order valence-electron chi connectivity index (χ3n) is 5.26. The van der Waals surface area contributed by atoms with Crippen LogP contribution >= 0.6 is 15.9 Å². The van der Waals surface area contributed by atoms with E-state index in [0.29, 0.717) is 17.0 Å². The van der Waals surface area contributed by atoms with E-state index >= 15 is 0 Å². The molecule has 31 heavy (non-hydrogen) atoms. The van der Waals surface area contributed by atoms with E-state index in [1.807, 2.05) is 31.2 Å². The second-order valence-corrected chi connectivity index (χ2v) is 8.18. The highest BCUT2D eigenvalue weighted by Crippen LogP contribution is 2.45. The number of ether oxygens (including phenoxy) is 1. The van der Waals surface area contributed by atoms with Crippen molar-refractivity contribution in [2.24, 2.45) is 0 Å². The Morgan fingerprint density at radius 2 is 1.71 bits per heavy atom. The van der Waals surface area contributed by atoms with Crippen LogP contribution in [0.15, 0.2) is 82.8 Å². The first-order valence-corrected chi connectivity index (χ1v) is 10.5. The van der Waals surface area contributed by atoms with Crippen LogP contribution in [0.4, 0.5) is 5.69 Å². The maximum absolute atomic E-state index is 13.2. The zero-order chi connectivity index (χ0) is 22.1. The number of rotatable bonds is 4. The molecule has 1 aliphatic heterocycles. The fraction of sp³-hybridized carbons (Fsp3) is 0.120. The number of carbonyl (C=O) groups is 2. The number of Topliss-reactive ketones (excluding diaryl/α,β-unsaturated/α-hetero) is 1. The van der Waals surface area contributed by atoms with Crippen molar-refractivity contribution in [1.82, 2.24) is 0 Å². The van der Waals surface area contributed by atoms with E-state index in [0.717, 1.165) is 15.6 Å². The number of anilines is 1. The number of para-hydroxylation sites is 2. The van der Waals surface area contributed by atoms with Gasteiger partial charge in [0.1, 0.15) is 11.5 Å². The maximum atomic E-state index is 13.2. The molecule has 1 unspecified atom stereocenters. The molecule has 1 saturated heterocycles. The molecule has 0 aromatic heterocycles. The molecule has 1 atom stereocenters. The lowest BCUT2D eigenvalue weighted by molar-refractivity contribution is -0.132. The first-order chi connectivity index (χ1) is 14.9. The number of benzene rings is 3. The predicted octanol–water partition coefficient (Wildman–Crippen LogP) is 5.39. The first kappa shape index (κ1) is 20.9. The number of hydrogen-bond donors (Lipinski definition) is 1. The van der Waals surface area contributed by atoms with Crippen molar-refractivity contribution in [3.8, 4) is 5.75 Å². The molecule has 1 aliphatic rings. The molecule has 6 heteroatoms. The molecular weight excluding hydrogens is 458 g/mol. The van der Waals surface area contributed by atoms with E-state index in [9.17, 15) is 14.7 Å². The summed E-state index contributed by atoms with van der Waals surface area (Å²) in [6, 6.07) is 20.7. The van der Waals surface area contributed by atoms with Crippen molar-refractivity contribution in [3.05, 3.63) is 99.5 Å². The summed E-state index contributed by atoms with van der Waals surface area (Å²) in [5.41, 5.74) is 2.67. The number of halogens is 1. The van der Waals surface area contributed by atoms with Gasteiger partial charge in [0.25, 0.3) is 11.7 Å². The van der Waals surface area contributed by atoms with Crippen LogP contribution in [-0.4, -0.2) is 23.9 Å². The summed E-state index contributed by atoms with van der Waals surface area (Å²) >= 11 is 3.37. The number of methoxy groups -OCH3 is 1. The summed E-state index contributed by atoms with van der Waals surface area (Å²) in [6.45, 7) is 1.94. The third kappa shape index (κ3) is 3.75. The number of aliphatic hydroxyl groups excluding tert-OH is 1. The first-order valence-electron chi connectivity index (χ1n) is 9.69. The predicted molar refractivity (Wildman–Crippen MR) is 123 cm³/mol. The molecule has 0 bridgehead atoms. The second kappa shape index (κ2) is 8.40. The zero-order valence-corrected chi connectivity index (χ0v) is 18.6. The van der Waals surface area contributed by atoms with Crippen LogP contribution in [0.25, 0.3) is 5.76 Å². The lowest BCUT2D eigenvalue weighted by atomic mass is 9.94. The van der Waals surface area contributed by atoms with Crippen LogP contribution in [0.1, 0.15) is 22.7 Å². The summed E-state index contributed by atoms with van der Waals surface area (Å²) in [7, 11) is 1.51. The van der Waals surface area contributed by atoms with Gasteiger partial charge in [0.15, 0.2) is 0 Å². The second-order valence-electron chi connectivity index (χ2n) is 7.26. The summed E-state index contributed by atoms with van der Waals surface area (Å²) in [4.78, 5) is 27.8. The SMILES string of the molecule is COc1ccccc1N1C(=O)C(=O)/C(=C(\O)c2ccc(Br)cc2)C1c1cccc(C)c1. The summed E-state index contributed by atoms with van der Waals surface area (Å²) in [6.07, 6.45) is 0. The van der Waals surface area contributed by atoms with Crippen LogP contribution in [0.5, 0.6) is 5.75 Å². The van der Waals surface area contributed by atoms with Crippen LogP contribution in [0.2, 0.25) is 0 Å². The van der Waals surface area contributed by atoms with Gasteiger partial charge < -0.3 is 9.84 Å². The van der Waals surface area contributed by atoms with Gasteiger partial charge in [0.05, 0.1) is 24.4 Å². The molecule has 3 aromatic carbocycles. The number of hydrogen-bond acceptors (Lipinski definition) is 4. The molecule has 0 aliphatic carbocycles. The van der Waals surface area contributed by atoms with Gasteiger partial charge in [-0.25, -0.2) is 0 Å². The minimum absolute atomic E-state index is 0.0452. The molecule has 0 saturated carbocycles. The molecule has 1 fully saturated rings. The van der Waals surface area contributed by atoms with Crippen LogP contribution in [0, 0.1) is 6.92 Å². The van der Waals surface area contributed by atoms with E-state index in [1.165, 1.54) is 12.0 Å². The Morgan fingerprint density at radius 1 is 1.00 bits per heavy atom. The third-order valence-corrected chi connectivity index (χ3v) is 5.79. The molecule has 1 N–H and O–H groups in total. The quantitative estimate of drug-likeness (QED) is 0.310. The molecule has 0 spiro atoms. The number of aryl methyl sites for hydroxylation is 1. The van der Waals surface area contributed by atoms with E-state index in [2.05, 4.69) is 15.9 Å². The molecule has 0 radical (unpaired) electrons. The van der Waals surface area contributed by atoms with Crippen LogP contribution in [0.3, 0.4) is 0 Å². The Labute approximate surface area is 188 Å². The van der Waals surface area contributed by atoms with Crippen molar-refractivity contribution in [2.45, 2.75) is 13.0 Å². The van der Waals surface area contributed by atoms with Crippen molar-refractivity contribution in [1.29, 1.82) is 0 Å². The Morgan fingerprint density at radius 3 is 2.39 bits per heavy atom. The number of nitrogens with zero attached hydrogens (tertiary/aromatic N) is 1. The van der Waals surface area contributed by atoms with Gasteiger partial charge in [-0.2, -0.15) is 0 Å². The van der Waals surface area contributed by atoms with Gasteiger partial charge in [-0.1, -0.05) is 70.0 Å². The minimum Gasteiger partial charge on any atom is -0.507 e. The highest BCUT2D eigenvalue weighted by molar-refractivity contribution is 9.10. The molecule has 156 valence electrons. The van der Waals surface area contributed by atoms with Crippen molar-refractivity contribution >= 4 is 39.1 Å². The number of ketones is 1. The molecular formula is C25H20BrNO4. The smallest absolute Gasteiger partial charge is 0.300 e. The van der Waals surface area contributed by atoms with Gasteiger partial charge in [0.2, 0.25) is 0 Å². The van der Waals surface area contributed by atoms with E-state index in [4.69, 9.17) is 4.74 Å². The number of carbonyl (C=O) groups excluding carboxylic acids is 2. The van der Waals surface area contributed by atoms with Crippen molar-refractivity contribution in [3.63, 3.8) is 0 Å². The molecule has 1 heterocycles. The maximum Gasteiger partial charge on any atom is 0.300 e. The highest BCUT2D eigenvalue weighted by atomic mass is 79.9. The lowest BCUT2D eigenvalue weighted by Gasteiger charge is -2.27. The average molecular weight is 478 g/mol. The molecule has 4 rings (SSSR count). The monoisotopic (exact) mass is 477 g/mol. The number of amides is 1. The summed E-state index contributed by atoms with van der Waals surface area (Å²) < 4.78 is 6.30. The Bertz CT molecular complexity index is 1200. The summed E-state index contributed by atoms with van der Waals surface area (Å²) in [5.74, 6) is -1.20. The van der Waals surface area contributed by atoms with Crippen LogP contribution < -0.4 is 9.64 Å². The fourth-order valence-electron chi connectivity index (χ4n) is 3.83. The summed E-state index contributed by atoms with van der Waals surface area (Å²) in [5, 5.41) is 11.1. The Balaban J connectivity index is 1.98.